The number of esters is 1. The summed E-state index contributed by atoms with van der Waals surface area (Å²) in [5.74, 6) is 0.0284. The van der Waals surface area contributed by atoms with Crippen LogP contribution in [0.2, 0.25) is 0 Å². The molecule has 0 saturated carbocycles. The van der Waals surface area contributed by atoms with Gasteiger partial charge in [0, 0.05) is 12.3 Å². The van der Waals surface area contributed by atoms with E-state index in [2.05, 4.69) is 0 Å². The van der Waals surface area contributed by atoms with Crippen LogP contribution in [-0.4, -0.2) is 69.7 Å². The number of hydrogen-bond donors (Lipinski definition) is 0. The monoisotopic (exact) mass is 370 g/mol. The summed E-state index contributed by atoms with van der Waals surface area (Å²) in [4.78, 5) is 41.4. The van der Waals surface area contributed by atoms with Crippen molar-refractivity contribution in [2.45, 2.75) is 69.0 Å². The minimum atomic E-state index is -0.879. The van der Waals surface area contributed by atoms with Crippen molar-refractivity contribution in [2.24, 2.45) is 0 Å². The highest BCUT2D eigenvalue weighted by Crippen LogP contribution is 2.46. The molecule has 7 nitrogen and oxygen atoms in total. The maximum absolute atomic E-state index is 13.4. The maximum atomic E-state index is 13.4. The fourth-order valence-corrected chi connectivity index (χ4v) is 5.42. The Kier molecular flexibility index (Phi) is 4.68. The number of fused-ring (bicyclic) bond motifs is 1. The number of thioether (sulfide) groups is 1. The van der Waals surface area contributed by atoms with Gasteiger partial charge in [-0.3, -0.25) is 9.69 Å². The van der Waals surface area contributed by atoms with Crippen LogP contribution in [0.1, 0.15) is 46.5 Å². The van der Waals surface area contributed by atoms with E-state index in [0.29, 0.717) is 25.1 Å². The van der Waals surface area contributed by atoms with E-state index in [1.54, 1.807) is 21.6 Å². The lowest BCUT2D eigenvalue weighted by molar-refractivity contribution is -0.159. The molecule has 3 atom stereocenters. The molecular formula is C17H26N2O5S. The lowest BCUT2D eigenvalue weighted by atomic mass is 9.84. The molecule has 3 saturated heterocycles. The Balaban J connectivity index is 1.86. The van der Waals surface area contributed by atoms with Crippen LogP contribution in [0.5, 0.6) is 0 Å². The number of carbonyl (C=O) groups is 3. The number of piperidine rings is 1. The summed E-state index contributed by atoms with van der Waals surface area (Å²) in [5, 5.41) is -0.0108. The van der Waals surface area contributed by atoms with Gasteiger partial charge < -0.3 is 14.4 Å². The number of likely N-dealkylation sites (tertiary alicyclic amines) is 1. The molecule has 8 heteroatoms. The fourth-order valence-electron chi connectivity index (χ4n) is 4.03. The average Bonchev–Trinajstić information content (AvgIpc) is 3.14. The van der Waals surface area contributed by atoms with Crippen molar-refractivity contribution >= 4 is 29.7 Å². The highest BCUT2D eigenvalue weighted by Gasteiger charge is 2.59. The van der Waals surface area contributed by atoms with Crippen molar-refractivity contribution < 1.29 is 23.9 Å². The molecule has 0 aromatic rings. The summed E-state index contributed by atoms with van der Waals surface area (Å²) in [6, 6.07) is -0.564. The Bertz CT molecular complexity index is 590. The Morgan fingerprint density at radius 1 is 1.28 bits per heavy atom. The van der Waals surface area contributed by atoms with Crippen molar-refractivity contribution in [1.82, 2.24) is 9.80 Å². The predicted octanol–water partition coefficient (Wildman–Crippen LogP) is 1.99. The highest BCUT2D eigenvalue weighted by molar-refractivity contribution is 8.00. The Hall–Kier alpha value is -1.44. The molecule has 3 aliphatic rings. The summed E-state index contributed by atoms with van der Waals surface area (Å²) < 4.78 is 10.4. The number of ether oxygens (including phenoxy) is 2. The Labute approximate surface area is 152 Å². The van der Waals surface area contributed by atoms with Crippen LogP contribution in [0.4, 0.5) is 4.79 Å². The van der Waals surface area contributed by atoms with Gasteiger partial charge >= 0.3 is 12.1 Å². The molecule has 3 rings (SSSR count). The molecule has 0 aromatic heterocycles. The van der Waals surface area contributed by atoms with Crippen LogP contribution in [0.3, 0.4) is 0 Å². The predicted molar refractivity (Wildman–Crippen MR) is 93.0 cm³/mol. The number of nitrogens with zero attached hydrogens (tertiary/aromatic N) is 2. The molecular weight excluding hydrogens is 344 g/mol. The van der Waals surface area contributed by atoms with Gasteiger partial charge in [-0.05, 0) is 46.5 Å². The quantitative estimate of drug-likeness (QED) is 0.657. The molecule has 2 amide bonds. The first kappa shape index (κ1) is 18.4. The van der Waals surface area contributed by atoms with Gasteiger partial charge in [-0.1, -0.05) is 0 Å². The van der Waals surface area contributed by atoms with Crippen molar-refractivity contribution in [3.05, 3.63) is 0 Å². The van der Waals surface area contributed by atoms with Crippen LogP contribution in [0, 0.1) is 0 Å². The lowest BCUT2D eigenvalue weighted by Crippen LogP contribution is -2.65. The SMILES string of the molecule is COC(=O)[C@H]1CS[C@H]2CC[C@]3(CCCN3C(=O)OC(C)(C)C)C(=O)N21. The van der Waals surface area contributed by atoms with E-state index in [9.17, 15) is 14.4 Å². The van der Waals surface area contributed by atoms with Gasteiger partial charge in [-0.2, -0.15) is 0 Å². The van der Waals surface area contributed by atoms with Crippen molar-refractivity contribution in [2.75, 3.05) is 19.4 Å². The molecule has 3 fully saturated rings. The largest absolute Gasteiger partial charge is 0.467 e. The minimum absolute atomic E-state index is 0.0108. The van der Waals surface area contributed by atoms with Crippen LogP contribution in [0.15, 0.2) is 0 Å². The van der Waals surface area contributed by atoms with E-state index >= 15 is 0 Å². The van der Waals surface area contributed by atoms with Gasteiger partial charge in [0.05, 0.1) is 12.5 Å². The third-order valence-corrected chi connectivity index (χ3v) is 6.46. The van der Waals surface area contributed by atoms with E-state index in [1.165, 1.54) is 7.11 Å². The van der Waals surface area contributed by atoms with Gasteiger partial charge in [0.15, 0.2) is 0 Å². The normalized spacial score (nSPS) is 32.1. The maximum Gasteiger partial charge on any atom is 0.411 e. The molecule has 0 N–H and O–H groups in total. The molecule has 0 radical (unpaired) electrons. The van der Waals surface area contributed by atoms with Crippen molar-refractivity contribution in [3.8, 4) is 0 Å². The van der Waals surface area contributed by atoms with E-state index in [-0.39, 0.29) is 17.3 Å². The summed E-state index contributed by atoms with van der Waals surface area (Å²) in [6.45, 7) is 5.96. The fraction of sp³-hybridized carbons (Fsp3) is 0.824. The molecule has 3 heterocycles. The standard InChI is InChI=1S/C17H26N2O5S/c1-16(2,3)24-15(22)18-9-5-7-17(18)8-6-12-19(14(17)21)11(10-25-12)13(20)23-4/h11-12H,5-10H2,1-4H3/t11-,12+,17-/m1/s1. The molecule has 0 aromatic carbocycles. The van der Waals surface area contributed by atoms with Crippen LogP contribution >= 0.6 is 11.8 Å². The summed E-state index contributed by atoms with van der Waals surface area (Å²) in [6.07, 6.45) is 2.32. The average molecular weight is 370 g/mol. The first-order valence-corrected chi connectivity index (χ1v) is 9.77. The van der Waals surface area contributed by atoms with Crippen LogP contribution in [0.25, 0.3) is 0 Å². The van der Waals surface area contributed by atoms with Gasteiger partial charge in [-0.25, -0.2) is 9.59 Å². The zero-order valence-electron chi connectivity index (χ0n) is 15.2. The van der Waals surface area contributed by atoms with E-state index in [4.69, 9.17) is 9.47 Å². The Morgan fingerprint density at radius 3 is 2.64 bits per heavy atom. The van der Waals surface area contributed by atoms with Gasteiger partial charge in [0.2, 0.25) is 5.91 Å². The second-order valence-corrected chi connectivity index (χ2v) is 9.06. The Morgan fingerprint density at radius 2 is 2.00 bits per heavy atom. The number of hydrogen-bond acceptors (Lipinski definition) is 6. The zero-order valence-corrected chi connectivity index (χ0v) is 16.1. The number of carbonyl (C=O) groups excluding carboxylic acids is 3. The first-order valence-electron chi connectivity index (χ1n) is 8.72. The van der Waals surface area contributed by atoms with Crippen molar-refractivity contribution in [1.29, 1.82) is 0 Å². The van der Waals surface area contributed by atoms with Gasteiger partial charge in [0.25, 0.3) is 0 Å². The van der Waals surface area contributed by atoms with Crippen molar-refractivity contribution in [3.63, 3.8) is 0 Å². The number of rotatable bonds is 1. The molecule has 1 spiro atoms. The third-order valence-electron chi connectivity index (χ3n) is 5.11. The van der Waals surface area contributed by atoms with Gasteiger partial charge in [-0.15, -0.1) is 11.8 Å². The summed E-state index contributed by atoms with van der Waals surface area (Å²) in [5.41, 5.74) is -1.49. The minimum Gasteiger partial charge on any atom is -0.467 e. The second kappa shape index (κ2) is 6.37. The third kappa shape index (κ3) is 3.09. The second-order valence-electron chi connectivity index (χ2n) is 7.85. The summed E-state index contributed by atoms with van der Waals surface area (Å²) in [7, 11) is 1.34. The molecule has 0 aliphatic carbocycles. The highest BCUT2D eigenvalue weighted by atomic mass is 32.2. The van der Waals surface area contributed by atoms with E-state index in [1.807, 2.05) is 20.8 Å². The van der Waals surface area contributed by atoms with Crippen LogP contribution in [-0.2, 0) is 19.1 Å². The molecule has 0 bridgehead atoms. The topological polar surface area (TPSA) is 76.1 Å². The smallest absolute Gasteiger partial charge is 0.411 e. The van der Waals surface area contributed by atoms with E-state index in [0.717, 1.165) is 12.8 Å². The molecule has 25 heavy (non-hydrogen) atoms. The first-order chi connectivity index (χ1) is 11.7. The summed E-state index contributed by atoms with van der Waals surface area (Å²) >= 11 is 1.61. The number of amides is 2. The molecule has 140 valence electrons. The zero-order chi connectivity index (χ0) is 18.4. The molecule has 3 aliphatic heterocycles. The van der Waals surface area contributed by atoms with E-state index < -0.39 is 23.3 Å². The number of methoxy groups -OCH3 is 1. The van der Waals surface area contributed by atoms with Crippen LogP contribution < -0.4 is 0 Å². The van der Waals surface area contributed by atoms with Gasteiger partial charge in [0.1, 0.15) is 17.2 Å². The lowest BCUT2D eigenvalue weighted by Gasteiger charge is -2.46. The molecule has 0 unspecified atom stereocenters.